The molecule has 27 heavy (non-hydrogen) atoms. The van der Waals surface area contributed by atoms with Gasteiger partial charge in [0.1, 0.15) is 0 Å². The lowest BCUT2D eigenvalue weighted by Gasteiger charge is -2.06. The van der Waals surface area contributed by atoms with Gasteiger partial charge < -0.3 is 5.32 Å². The summed E-state index contributed by atoms with van der Waals surface area (Å²) in [6, 6.07) is 7.37. The van der Waals surface area contributed by atoms with E-state index >= 15 is 0 Å². The van der Waals surface area contributed by atoms with Gasteiger partial charge in [0.05, 0.1) is 10.7 Å². The summed E-state index contributed by atoms with van der Waals surface area (Å²) in [5.74, 6) is 0.0562. The Labute approximate surface area is 171 Å². The fourth-order valence-electron chi connectivity index (χ4n) is 3.13. The molecule has 0 heterocycles. The maximum Gasteiger partial charge on any atom is 0.224 e. The van der Waals surface area contributed by atoms with Crippen LogP contribution in [0.4, 0.5) is 5.69 Å². The fraction of sp³-hybridized carbons (Fsp3) is 0.625. The number of carbonyl (C=O) groups is 1. The number of nitrogens with one attached hydrogen (secondary N) is 1. The molecule has 0 aliphatic rings. The van der Waals surface area contributed by atoms with E-state index in [0.29, 0.717) is 17.1 Å². The Morgan fingerprint density at radius 1 is 0.852 bits per heavy atom. The summed E-state index contributed by atoms with van der Waals surface area (Å²) < 4.78 is 0. The quantitative estimate of drug-likeness (QED) is 0.222. The molecule has 3 heteroatoms. The highest BCUT2D eigenvalue weighted by Crippen LogP contribution is 2.20. The highest BCUT2D eigenvalue weighted by molar-refractivity contribution is 6.33. The van der Waals surface area contributed by atoms with E-state index in [1.54, 1.807) is 6.07 Å². The number of allylic oxidation sites excluding steroid dienone is 2. The minimum atomic E-state index is 0.0562. The van der Waals surface area contributed by atoms with E-state index in [2.05, 4.69) is 24.4 Å². The van der Waals surface area contributed by atoms with Crippen LogP contribution in [-0.4, -0.2) is 5.91 Å². The van der Waals surface area contributed by atoms with Gasteiger partial charge in [0.25, 0.3) is 0 Å². The number of para-hydroxylation sites is 1. The molecule has 0 aliphatic carbocycles. The largest absolute Gasteiger partial charge is 0.325 e. The smallest absolute Gasteiger partial charge is 0.224 e. The minimum Gasteiger partial charge on any atom is -0.325 e. The summed E-state index contributed by atoms with van der Waals surface area (Å²) in [6.45, 7) is 2.27. The lowest BCUT2D eigenvalue weighted by Crippen LogP contribution is -2.11. The molecule has 0 fully saturated rings. The van der Waals surface area contributed by atoms with Crippen LogP contribution in [0.3, 0.4) is 0 Å². The molecular formula is C24H38ClNO. The molecule has 0 atom stereocenters. The lowest BCUT2D eigenvalue weighted by molar-refractivity contribution is -0.116. The van der Waals surface area contributed by atoms with Crippen molar-refractivity contribution in [3.05, 3.63) is 41.4 Å². The van der Waals surface area contributed by atoms with E-state index in [-0.39, 0.29) is 5.91 Å². The van der Waals surface area contributed by atoms with Gasteiger partial charge in [-0.15, -0.1) is 0 Å². The molecule has 0 saturated carbocycles. The normalized spacial score (nSPS) is 11.2. The third-order valence-electron chi connectivity index (χ3n) is 4.81. The molecule has 0 radical (unpaired) electrons. The van der Waals surface area contributed by atoms with Crippen molar-refractivity contribution in [3.63, 3.8) is 0 Å². The molecule has 0 unspecified atom stereocenters. The fourth-order valence-corrected chi connectivity index (χ4v) is 3.31. The maximum atomic E-state index is 11.9. The average Bonchev–Trinajstić information content (AvgIpc) is 2.66. The van der Waals surface area contributed by atoms with Crippen LogP contribution in [0.5, 0.6) is 0 Å². The summed E-state index contributed by atoms with van der Waals surface area (Å²) in [4.78, 5) is 11.9. The summed E-state index contributed by atoms with van der Waals surface area (Å²) in [5, 5.41) is 3.47. The number of carbonyl (C=O) groups excluding carboxylic acids is 1. The monoisotopic (exact) mass is 391 g/mol. The van der Waals surface area contributed by atoms with Crippen LogP contribution in [-0.2, 0) is 4.79 Å². The van der Waals surface area contributed by atoms with Crippen molar-refractivity contribution in [1.82, 2.24) is 0 Å². The number of hydrogen-bond acceptors (Lipinski definition) is 1. The van der Waals surface area contributed by atoms with Gasteiger partial charge in [-0.2, -0.15) is 0 Å². The van der Waals surface area contributed by atoms with Crippen LogP contribution in [0, 0.1) is 0 Å². The van der Waals surface area contributed by atoms with Gasteiger partial charge in [0.15, 0.2) is 0 Å². The molecule has 0 aromatic heterocycles. The number of rotatable bonds is 16. The van der Waals surface area contributed by atoms with E-state index < -0.39 is 0 Å². The second kappa shape index (κ2) is 16.9. The maximum absolute atomic E-state index is 11.9. The first kappa shape index (κ1) is 23.8. The van der Waals surface area contributed by atoms with Crippen LogP contribution in [0.15, 0.2) is 36.4 Å². The van der Waals surface area contributed by atoms with E-state index in [1.807, 2.05) is 18.2 Å². The molecule has 1 aromatic carbocycles. The molecule has 152 valence electrons. The zero-order valence-corrected chi connectivity index (χ0v) is 17.9. The highest BCUT2D eigenvalue weighted by Gasteiger charge is 2.04. The number of anilines is 1. The van der Waals surface area contributed by atoms with Crippen molar-refractivity contribution in [2.24, 2.45) is 0 Å². The van der Waals surface area contributed by atoms with Crippen molar-refractivity contribution >= 4 is 23.2 Å². The third-order valence-corrected chi connectivity index (χ3v) is 5.14. The zero-order valence-electron chi connectivity index (χ0n) is 17.1. The predicted molar refractivity (Wildman–Crippen MR) is 120 cm³/mol. The summed E-state index contributed by atoms with van der Waals surface area (Å²) in [6.07, 6.45) is 21.8. The van der Waals surface area contributed by atoms with Gasteiger partial charge in [-0.25, -0.2) is 0 Å². The Balaban J connectivity index is 1.88. The van der Waals surface area contributed by atoms with Crippen LogP contribution >= 0.6 is 11.6 Å². The topological polar surface area (TPSA) is 29.1 Å². The van der Waals surface area contributed by atoms with E-state index in [9.17, 15) is 4.79 Å². The molecule has 0 spiro atoms. The van der Waals surface area contributed by atoms with Crippen LogP contribution < -0.4 is 5.32 Å². The Kier molecular flexibility index (Phi) is 14.8. The minimum absolute atomic E-state index is 0.0562. The number of unbranched alkanes of at least 4 members (excludes halogenated alkanes) is 11. The van der Waals surface area contributed by atoms with Crippen molar-refractivity contribution in [2.75, 3.05) is 5.32 Å². The molecule has 0 saturated heterocycles. The highest BCUT2D eigenvalue weighted by atomic mass is 35.5. The van der Waals surface area contributed by atoms with Crippen molar-refractivity contribution in [2.45, 2.75) is 96.8 Å². The van der Waals surface area contributed by atoms with Gasteiger partial charge in [0.2, 0.25) is 5.91 Å². The Hall–Kier alpha value is -1.28. The van der Waals surface area contributed by atoms with E-state index in [0.717, 1.165) is 12.8 Å². The van der Waals surface area contributed by atoms with Crippen molar-refractivity contribution in [3.8, 4) is 0 Å². The van der Waals surface area contributed by atoms with Crippen molar-refractivity contribution < 1.29 is 4.79 Å². The zero-order chi connectivity index (χ0) is 19.6. The SMILES string of the molecule is CCCCCCCC/C=C\CCCCCCCC(=O)Nc1ccccc1Cl. The first-order valence-corrected chi connectivity index (χ1v) is 11.3. The summed E-state index contributed by atoms with van der Waals surface area (Å²) in [7, 11) is 0. The van der Waals surface area contributed by atoms with E-state index in [4.69, 9.17) is 11.6 Å². The molecule has 0 bridgehead atoms. The average molecular weight is 392 g/mol. The first-order chi connectivity index (χ1) is 13.2. The summed E-state index contributed by atoms with van der Waals surface area (Å²) >= 11 is 6.05. The number of benzene rings is 1. The number of amides is 1. The first-order valence-electron chi connectivity index (χ1n) is 10.9. The second-order valence-electron chi connectivity index (χ2n) is 7.36. The Bertz CT molecular complexity index is 527. The van der Waals surface area contributed by atoms with Gasteiger partial charge in [0, 0.05) is 6.42 Å². The molecule has 1 N–H and O–H groups in total. The third kappa shape index (κ3) is 13.5. The predicted octanol–water partition coefficient (Wildman–Crippen LogP) is 8.32. The second-order valence-corrected chi connectivity index (χ2v) is 7.77. The van der Waals surface area contributed by atoms with Gasteiger partial charge in [-0.05, 0) is 44.2 Å². The molecular weight excluding hydrogens is 354 g/mol. The molecule has 1 amide bonds. The Morgan fingerprint density at radius 3 is 2.04 bits per heavy atom. The molecule has 0 aliphatic heterocycles. The Morgan fingerprint density at radius 2 is 1.41 bits per heavy atom. The van der Waals surface area contributed by atoms with E-state index in [1.165, 1.54) is 70.6 Å². The van der Waals surface area contributed by atoms with Crippen LogP contribution in [0.1, 0.15) is 96.8 Å². The van der Waals surface area contributed by atoms with Crippen LogP contribution in [0.25, 0.3) is 0 Å². The lowest BCUT2D eigenvalue weighted by atomic mass is 10.1. The molecule has 1 aromatic rings. The van der Waals surface area contributed by atoms with Gasteiger partial charge >= 0.3 is 0 Å². The summed E-state index contributed by atoms with van der Waals surface area (Å²) in [5.41, 5.74) is 0.705. The standard InChI is InChI=1S/C24H38ClNO/c1-2-3-4-5-6-7-8-9-10-11-12-13-14-15-16-21-24(27)26-23-20-18-17-19-22(23)25/h9-10,17-20H,2-8,11-16,21H2,1H3,(H,26,27)/b10-9-. The number of hydrogen-bond donors (Lipinski definition) is 1. The van der Waals surface area contributed by atoms with Gasteiger partial charge in [-0.1, -0.05) is 94.2 Å². The number of halogens is 1. The van der Waals surface area contributed by atoms with Gasteiger partial charge in [-0.3, -0.25) is 4.79 Å². The van der Waals surface area contributed by atoms with Crippen LogP contribution in [0.2, 0.25) is 5.02 Å². The molecule has 1 rings (SSSR count). The molecule has 2 nitrogen and oxygen atoms in total. The van der Waals surface area contributed by atoms with Crippen molar-refractivity contribution in [1.29, 1.82) is 0 Å².